The number of H-pyrrole nitrogens is 1. The minimum absolute atomic E-state index is 0.212. The maximum Gasteiger partial charge on any atom is 0.418 e. The SMILES string of the molecule is CCCCCCCc1c[nH]c2c(C(F)(F)F)cccc12. The summed E-state index contributed by atoms with van der Waals surface area (Å²) in [6.45, 7) is 2.17. The van der Waals surface area contributed by atoms with Gasteiger partial charge in [0.2, 0.25) is 0 Å². The second-order valence-electron chi connectivity index (χ2n) is 5.20. The van der Waals surface area contributed by atoms with Crippen molar-refractivity contribution in [2.45, 2.75) is 51.6 Å². The molecule has 0 aliphatic rings. The highest BCUT2D eigenvalue weighted by Crippen LogP contribution is 2.35. The Labute approximate surface area is 117 Å². The zero-order valence-electron chi connectivity index (χ0n) is 11.7. The summed E-state index contributed by atoms with van der Waals surface area (Å²) in [5.41, 5.74) is 0.624. The van der Waals surface area contributed by atoms with Crippen molar-refractivity contribution in [2.75, 3.05) is 0 Å². The topological polar surface area (TPSA) is 15.8 Å². The molecule has 1 heterocycles. The number of hydrogen-bond donors (Lipinski definition) is 1. The summed E-state index contributed by atoms with van der Waals surface area (Å²) in [6, 6.07) is 4.38. The number of alkyl halides is 3. The Morgan fingerprint density at radius 1 is 1.05 bits per heavy atom. The Hall–Kier alpha value is -1.45. The van der Waals surface area contributed by atoms with Crippen LogP contribution in [0.3, 0.4) is 0 Å². The van der Waals surface area contributed by atoms with E-state index in [1.54, 1.807) is 12.3 Å². The molecular weight excluding hydrogens is 263 g/mol. The van der Waals surface area contributed by atoms with Gasteiger partial charge in [0.15, 0.2) is 0 Å². The molecule has 110 valence electrons. The number of nitrogens with one attached hydrogen (secondary N) is 1. The molecule has 1 aromatic heterocycles. The fourth-order valence-corrected chi connectivity index (χ4v) is 2.57. The molecule has 20 heavy (non-hydrogen) atoms. The number of halogens is 3. The van der Waals surface area contributed by atoms with Crippen LogP contribution in [0.4, 0.5) is 13.2 Å². The molecule has 0 fully saturated rings. The molecule has 1 N–H and O–H groups in total. The molecule has 0 aliphatic carbocycles. The van der Waals surface area contributed by atoms with Gasteiger partial charge in [-0.25, -0.2) is 0 Å². The van der Waals surface area contributed by atoms with Gasteiger partial charge < -0.3 is 4.98 Å². The maximum absolute atomic E-state index is 12.9. The van der Waals surface area contributed by atoms with E-state index in [1.165, 1.54) is 25.3 Å². The molecule has 1 nitrogen and oxygen atoms in total. The number of para-hydroxylation sites is 1. The third-order valence-corrected chi connectivity index (χ3v) is 3.66. The first-order chi connectivity index (χ1) is 9.54. The van der Waals surface area contributed by atoms with Crippen LogP contribution in [0.1, 0.15) is 50.2 Å². The second kappa shape index (κ2) is 6.33. The minimum Gasteiger partial charge on any atom is -0.360 e. The lowest BCUT2D eigenvalue weighted by Crippen LogP contribution is -2.05. The molecule has 0 spiro atoms. The van der Waals surface area contributed by atoms with Crippen molar-refractivity contribution >= 4 is 10.9 Å². The molecule has 0 aliphatic heterocycles. The van der Waals surface area contributed by atoms with Crippen LogP contribution < -0.4 is 0 Å². The Kier molecular flexibility index (Phi) is 4.73. The fourth-order valence-electron chi connectivity index (χ4n) is 2.57. The van der Waals surface area contributed by atoms with Gasteiger partial charge in [-0.05, 0) is 24.5 Å². The van der Waals surface area contributed by atoms with Crippen molar-refractivity contribution < 1.29 is 13.2 Å². The summed E-state index contributed by atoms with van der Waals surface area (Å²) in [6.07, 6.45) is 4.05. The molecule has 0 saturated carbocycles. The van der Waals surface area contributed by atoms with Gasteiger partial charge in [-0.1, -0.05) is 44.7 Å². The summed E-state index contributed by atoms with van der Waals surface area (Å²) in [7, 11) is 0. The van der Waals surface area contributed by atoms with E-state index in [4.69, 9.17) is 0 Å². The summed E-state index contributed by atoms with van der Waals surface area (Å²) < 4.78 is 38.7. The summed E-state index contributed by atoms with van der Waals surface area (Å²) in [5, 5.41) is 0.704. The number of aromatic nitrogens is 1. The smallest absolute Gasteiger partial charge is 0.360 e. The predicted octanol–water partition coefficient (Wildman–Crippen LogP) is 5.70. The maximum atomic E-state index is 12.9. The lowest BCUT2D eigenvalue weighted by Gasteiger charge is -2.08. The summed E-state index contributed by atoms with van der Waals surface area (Å²) in [5.74, 6) is 0. The van der Waals surface area contributed by atoms with Gasteiger partial charge >= 0.3 is 6.18 Å². The van der Waals surface area contributed by atoms with Gasteiger partial charge in [0, 0.05) is 11.6 Å². The molecule has 0 saturated heterocycles. The van der Waals surface area contributed by atoms with E-state index >= 15 is 0 Å². The van der Waals surface area contributed by atoms with Crippen molar-refractivity contribution in [1.82, 2.24) is 4.98 Å². The first kappa shape index (κ1) is 14.9. The van der Waals surface area contributed by atoms with Crippen LogP contribution in [0.15, 0.2) is 24.4 Å². The van der Waals surface area contributed by atoms with Crippen LogP contribution in [0.5, 0.6) is 0 Å². The number of benzene rings is 1. The lowest BCUT2D eigenvalue weighted by molar-refractivity contribution is -0.136. The van der Waals surface area contributed by atoms with E-state index in [0.29, 0.717) is 5.39 Å². The van der Waals surface area contributed by atoms with Crippen molar-refractivity contribution in [1.29, 1.82) is 0 Å². The van der Waals surface area contributed by atoms with Crippen LogP contribution >= 0.6 is 0 Å². The van der Waals surface area contributed by atoms with E-state index in [0.717, 1.165) is 30.9 Å². The van der Waals surface area contributed by atoms with Crippen LogP contribution in [-0.2, 0) is 12.6 Å². The van der Waals surface area contributed by atoms with E-state index in [9.17, 15) is 13.2 Å². The Bertz CT molecular complexity index is 554. The van der Waals surface area contributed by atoms with Crippen molar-refractivity contribution in [3.63, 3.8) is 0 Å². The monoisotopic (exact) mass is 283 g/mol. The zero-order chi connectivity index (χ0) is 14.6. The van der Waals surface area contributed by atoms with Gasteiger partial charge in [-0.3, -0.25) is 0 Å². The predicted molar refractivity (Wildman–Crippen MR) is 75.8 cm³/mol. The van der Waals surface area contributed by atoms with Crippen LogP contribution in [0, 0.1) is 0 Å². The van der Waals surface area contributed by atoms with E-state index < -0.39 is 11.7 Å². The summed E-state index contributed by atoms with van der Waals surface area (Å²) in [4.78, 5) is 2.80. The third kappa shape index (κ3) is 3.35. The number of aryl methyl sites for hydroxylation is 1. The number of rotatable bonds is 6. The van der Waals surface area contributed by atoms with E-state index in [2.05, 4.69) is 11.9 Å². The highest BCUT2D eigenvalue weighted by atomic mass is 19.4. The summed E-state index contributed by atoms with van der Waals surface area (Å²) >= 11 is 0. The Balaban J connectivity index is 2.12. The number of unbranched alkanes of at least 4 members (excludes halogenated alkanes) is 4. The first-order valence-electron chi connectivity index (χ1n) is 7.20. The molecule has 1 aromatic carbocycles. The number of hydrogen-bond acceptors (Lipinski definition) is 0. The minimum atomic E-state index is -4.30. The van der Waals surface area contributed by atoms with Gasteiger partial charge in [0.1, 0.15) is 0 Å². The zero-order valence-corrected chi connectivity index (χ0v) is 11.7. The quantitative estimate of drug-likeness (QED) is 0.654. The molecule has 2 aromatic rings. The van der Waals surface area contributed by atoms with Gasteiger partial charge in [-0.2, -0.15) is 13.2 Å². The molecule has 2 rings (SSSR count). The van der Waals surface area contributed by atoms with Crippen molar-refractivity contribution in [3.8, 4) is 0 Å². The van der Waals surface area contributed by atoms with Crippen LogP contribution in [0.2, 0.25) is 0 Å². The number of fused-ring (bicyclic) bond motifs is 1. The lowest BCUT2D eigenvalue weighted by atomic mass is 10.0. The second-order valence-corrected chi connectivity index (χ2v) is 5.20. The average Bonchev–Trinajstić information content (AvgIpc) is 2.80. The largest absolute Gasteiger partial charge is 0.418 e. The van der Waals surface area contributed by atoms with Crippen molar-refractivity contribution in [2.24, 2.45) is 0 Å². The standard InChI is InChI=1S/C16H20F3N/c1-2-3-4-5-6-8-12-11-20-15-13(12)9-7-10-14(15)16(17,18)19/h7,9-11,20H,2-6,8H2,1H3. The normalized spacial score (nSPS) is 12.2. The van der Waals surface area contributed by atoms with Gasteiger partial charge in [-0.15, -0.1) is 0 Å². The highest BCUT2D eigenvalue weighted by molar-refractivity contribution is 5.86. The van der Waals surface area contributed by atoms with E-state index in [1.807, 2.05) is 0 Å². The fraction of sp³-hybridized carbons (Fsp3) is 0.500. The molecular formula is C16H20F3N. The Morgan fingerprint density at radius 3 is 2.50 bits per heavy atom. The molecule has 0 unspecified atom stereocenters. The molecule has 0 bridgehead atoms. The van der Waals surface area contributed by atoms with Crippen LogP contribution in [-0.4, -0.2) is 4.98 Å². The highest BCUT2D eigenvalue weighted by Gasteiger charge is 2.33. The molecule has 0 radical (unpaired) electrons. The van der Waals surface area contributed by atoms with Crippen molar-refractivity contribution in [3.05, 3.63) is 35.5 Å². The van der Waals surface area contributed by atoms with Gasteiger partial charge in [0.25, 0.3) is 0 Å². The van der Waals surface area contributed by atoms with Crippen LogP contribution in [0.25, 0.3) is 10.9 Å². The molecule has 0 amide bonds. The number of aromatic amines is 1. The third-order valence-electron chi connectivity index (χ3n) is 3.66. The molecule has 0 atom stereocenters. The van der Waals surface area contributed by atoms with E-state index in [-0.39, 0.29) is 5.52 Å². The Morgan fingerprint density at radius 2 is 1.80 bits per heavy atom. The average molecular weight is 283 g/mol. The van der Waals surface area contributed by atoms with Gasteiger partial charge in [0.05, 0.1) is 11.1 Å². The molecule has 4 heteroatoms. The first-order valence-corrected chi connectivity index (χ1v) is 7.20.